The molecule has 0 unspecified atom stereocenters. The Kier molecular flexibility index (Phi) is 4.19. The highest BCUT2D eigenvalue weighted by atomic mass is 35.7. The molecule has 0 amide bonds. The molecule has 0 saturated heterocycles. The predicted molar refractivity (Wildman–Crippen MR) is 71.9 cm³/mol. The minimum absolute atomic E-state index is 0.309. The molecule has 0 saturated carbocycles. The van der Waals surface area contributed by atoms with Crippen molar-refractivity contribution in [2.75, 3.05) is 0 Å². The summed E-state index contributed by atoms with van der Waals surface area (Å²) >= 11 is 0. The molecule has 20 heavy (non-hydrogen) atoms. The van der Waals surface area contributed by atoms with Crippen LogP contribution in [0, 0.1) is 5.82 Å². The molecule has 1 aliphatic carbocycles. The summed E-state index contributed by atoms with van der Waals surface area (Å²) in [5, 5.41) is 0. The number of halogens is 2. The van der Waals surface area contributed by atoms with Crippen LogP contribution in [-0.4, -0.2) is 22.9 Å². The number of hydrogen-bond acceptors (Lipinski definition) is 4. The van der Waals surface area contributed by atoms with Crippen molar-refractivity contribution < 1.29 is 21.2 Å². The van der Waals surface area contributed by atoms with E-state index in [1.165, 1.54) is 0 Å². The van der Waals surface area contributed by atoms with Gasteiger partial charge in [0.25, 0.3) is 9.05 Å². The summed E-state index contributed by atoms with van der Waals surface area (Å²) in [7, 11) is -3.08. The first kappa shape index (κ1) is 15.4. The van der Waals surface area contributed by atoms with E-state index in [1.807, 2.05) is 12.2 Å². The van der Waals surface area contributed by atoms with Crippen LogP contribution in [0.4, 0.5) is 4.39 Å². The lowest BCUT2D eigenvalue weighted by molar-refractivity contribution is 0.538. The van der Waals surface area contributed by atoms with E-state index in [4.69, 9.17) is 10.7 Å². The molecule has 110 valence electrons. The van der Waals surface area contributed by atoms with Crippen molar-refractivity contribution in [2.45, 2.75) is 28.7 Å². The molecule has 0 aliphatic heterocycles. The first-order valence-electron chi connectivity index (χ1n) is 5.62. The molecule has 0 fully saturated rings. The summed E-state index contributed by atoms with van der Waals surface area (Å²) in [6.07, 6.45) is 4.73. The standard InChI is InChI=1S/C11H11ClFNO4S2/c12-19(15,16)9-5-6-11(10(13)7-9)20(17,18)14-8-3-1-2-4-8/h1-2,5-8,14H,3-4H2. The van der Waals surface area contributed by atoms with Crippen LogP contribution >= 0.6 is 10.7 Å². The van der Waals surface area contributed by atoms with Crippen LogP contribution < -0.4 is 4.72 Å². The zero-order chi connectivity index (χ0) is 15.0. The fourth-order valence-electron chi connectivity index (χ4n) is 1.85. The molecule has 0 spiro atoms. The van der Waals surface area contributed by atoms with Gasteiger partial charge in [0.05, 0.1) is 4.90 Å². The largest absolute Gasteiger partial charge is 0.261 e. The Morgan fingerprint density at radius 1 is 1.15 bits per heavy atom. The number of benzene rings is 1. The number of sulfonamides is 1. The molecule has 0 heterocycles. The Bertz CT molecular complexity index is 751. The molecule has 0 bridgehead atoms. The van der Waals surface area contributed by atoms with Crippen molar-refractivity contribution in [1.29, 1.82) is 0 Å². The zero-order valence-corrected chi connectivity index (χ0v) is 12.5. The van der Waals surface area contributed by atoms with E-state index in [0.717, 1.165) is 12.1 Å². The van der Waals surface area contributed by atoms with E-state index < -0.39 is 34.7 Å². The van der Waals surface area contributed by atoms with Crippen molar-refractivity contribution in [1.82, 2.24) is 4.72 Å². The van der Waals surface area contributed by atoms with Gasteiger partial charge in [-0.2, -0.15) is 0 Å². The minimum Gasteiger partial charge on any atom is -0.207 e. The predicted octanol–water partition coefficient (Wildman–Crippen LogP) is 1.75. The highest BCUT2D eigenvalue weighted by Gasteiger charge is 2.25. The second-order valence-electron chi connectivity index (χ2n) is 4.29. The van der Waals surface area contributed by atoms with Crippen LogP contribution in [-0.2, 0) is 19.1 Å². The van der Waals surface area contributed by atoms with Crippen LogP contribution in [0.1, 0.15) is 12.8 Å². The second-order valence-corrected chi connectivity index (χ2v) is 8.54. The van der Waals surface area contributed by atoms with Gasteiger partial charge >= 0.3 is 0 Å². The second kappa shape index (κ2) is 5.44. The number of rotatable bonds is 4. The Morgan fingerprint density at radius 3 is 2.25 bits per heavy atom. The first-order valence-corrected chi connectivity index (χ1v) is 9.41. The van der Waals surface area contributed by atoms with Crippen molar-refractivity contribution in [3.05, 3.63) is 36.2 Å². The van der Waals surface area contributed by atoms with E-state index in [2.05, 4.69) is 4.72 Å². The van der Waals surface area contributed by atoms with Gasteiger partial charge in [0, 0.05) is 16.7 Å². The Hall–Kier alpha value is -0.960. The van der Waals surface area contributed by atoms with Crippen LogP contribution in [0.25, 0.3) is 0 Å². The van der Waals surface area contributed by atoms with Crippen molar-refractivity contribution >= 4 is 29.8 Å². The summed E-state index contributed by atoms with van der Waals surface area (Å²) in [6, 6.07) is 2.11. The fraction of sp³-hybridized carbons (Fsp3) is 0.273. The van der Waals surface area contributed by atoms with Crippen molar-refractivity contribution in [3.8, 4) is 0 Å². The molecular weight excluding hydrogens is 329 g/mol. The zero-order valence-electron chi connectivity index (χ0n) is 10.1. The van der Waals surface area contributed by atoms with Gasteiger partial charge in [-0.1, -0.05) is 12.2 Å². The summed E-state index contributed by atoms with van der Waals surface area (Å²) in [5.41, 5.74) is 0. The van der Waals surface area contributed by atoms with Gasteiger partial charge in [0.1, 0.15) is 10.7 Å². The Balaban J connectivity index is 2.32. The lowest BCUT2D eigenvalue weighted by atomic mass is 10.3. The van der Waals surface area contributed by atoms with E-state index in [-0.39, 0.29) is 6.04 Å². The number of hydrogen-bond donors (Lipinski definition) is 1. The van der Waals surface area contributed by atoms with E-state index in [9.17, 15) is 21.2 Å². The molecule has 2 rings (SSSR count). The molecule has 0 radical (unpaired) electrons. The van der Waals surface area contributed by atoms with Crippen LogP contribution in [0.5, 0.6) is 0 Å². The average molecular weight is 340 g/mol. The third-order valence-electron chi connectivity index (χ3n) is 2.80. The third-order valence-corrected chi connectivity index (χ3v) is 5.71. The molecule has 9 heteroatoms. The smallest absolute Gasteiger partial charge is 0.207 e. The van der Waals surface area contributed by atoms with Gasteiger partial charge in [-0.05, 0) is 31.0 Å². The summed E-state index contributed by atoms with van der Waals surface area (Å²) in [4.78, 5) is -1.09. The van der Waals surface area contributed by atoms with Gasteiger partial charge in [0.2, 0.25) is 10.0 Å². The molecular formula is C11H11ClFNO4S2. The first-order chi connectivity index (χ1) is 9.20. The van der Waals surface area contributed by atoms with Crippen LogP contribution in [0.3, 0.4) is 0 Å². The highest BCUT2D eigenvalue weighted by molar-refractivity contribution is 8.13. The number of nitrogens with one attached hydrogen (secondary N) is 1. The maximum Gasteiger partial charge on any atom is 0.261 e. The van der Waals surface area contributed by atoms with Gasteiger partial charge in [-0.15, -0.1) is 0 Å². The molecule has 0 aromatic heterocycles. The molecule has 1 aromatic rings. The van der Waals surface area contributed by atoms with Crippen LogP contribution in [0.2, 0.25) is 0 Å². The summed E-state index contributed by atoms with van der Waals surface area (Å²) in [6.45, 7) is 0. The molecule has 0 atom stereocenters. The van der Waals surface area contributed by atoms with Gasteiger partial charge in [-0.25, -0.2) is 25.9 Å². The highest BCUT2D eigenvalue weighted by Crippen LogP contribution is 2.22. The van der Waals surface area contributed by atoms with Crippen molar-refractivity contribution in [3.63, 3.8) is 0 Å². The SMILES string of the molecule is O=S(=O)(Cl)c1ccc(S(=O)(=O)NC2CC=CC2)c(F)c1. The van der Waals surface area contributed by atoms with Gasteiger partial charge in [-0.3, -0.25) is 0 Å². The topological polar surface area (TPSA) is 80.3 Å². The molecule has 1 aliphatic rings. The molecule has 5 nitrogen and oxygen atoms in total. The quantitative estimate of drug-likeness (QED) is 0.669. The normalized spacial score (nSPS) is 16.7. The van der Waals surface area contributed by atoms with Gasteiger partial charge < -0.3 is 0 Å². The molecule has 1 aromatic carbocycles. The van der Waals surface area contributed by atoms with Crippen molar-refractivity contribution in [2.24, 2.45) is 0 Å². The monoisotopic (exact) mass is 339 g/mol. The van der Waals surface area contributed by atoms with E-state index in [1.54, 1.807) is 0 Å². The Labute approximate surface area is 120 Å². The van der Waals surface area contributed by atoms with E-state index in [0.29, 0.717) is 18.9 Å². The Morgan fingerprint density at radius 2 is 1.75 bits per heavy atom. The average Bonchev–Trinajstić information content (AvgIpc) is 2.79. The summed E-state index contributed by atoms with van der Waals surface area (Å²) in [5.74, 6) is -1.16. The maximum absolute atomic E-state index is 13.8. The lowest BCUT2D eigenvalue weighted by Crippen LogP contribution is -2.33. The maximum atomic E-state index is 13.8. The van der Waals surface area contributed by atoms with Crippen LogP contribution in [0.15, 0.2) is 40.1 Å². The molecule has 1 N–H and O–H groups in total. The minimum atomic E-state index is -4.10. The fourth-order valence-corrected chi connectivity index (χ4v) is 3.93. The van der Waals surface area contributed by atoms with Gasteiger partial charge in [0.15, 0.2) is 0 Å². The van der Waals surface area contributed by atoms with E-state index >= 15 is 0 Å². The summed E-state index contributed by atoms with van der Waals surface area (Å²) < 4.78 is 62.3. The third kappa shape index (κ3) is 3.38. The lowest BCUT2D eigenvalue weighted by Gasteiger charge is -2.13.